The highest BCUT2D eigenvalue weighted by molar-refractivity contribution is 5.74. The normalized spacial score (nSPS) is 10.0. The minimum atomic E-state index is 1.10. The summed E-state index contributed by atoms with van der Waals surface area (Å²) in [7, 11) is 12.3. The van der Waals surface area contributed by atoms with Gasteiger partial charge in [-0.25, -0.2) is 0 Å². The van der Waals surface area contributed by atoms with Crippen LogP contribution in [0.5, 0.6) is 0 Å². The fourth-order valence-electron chi connectivity index (χ4n) is 1.44. The number of anilines is 3. The largest absolute Gasteiger partial charge is 0.377 e. The van der Waals surface area contributed by atoms with E-state index in [1.54, 1.807) is 0 Å². The van der Waals surface area contributed by atoms with Gasteiger partial charge in [0.15, 0.2) is 0 Å². The van der Waals surface area contributed by atoms with Gasteiger partial charge in [-0.1, -0.05) is 0 Å². The van der Waals surface area contributed by atoms with E-state index in [9.17, 15) is 0 Å². The zero-order valence-electron chi connectivity index (χ0n) is 10.5. The topological polar surface area (TPSA) is 9.72 Å². The maximum Gasteiger partial charge on any atom is 0.0619 e. The maximum atomic E-state index is 3.27. The fourth-order valence-corrected chi connectivity index (χ4v) is 1.44. The lowest BCUT2D eigenvalue weighted by Crippen LogP contribution is -2.18. The maximum absolute atomic E-state index is 3.27. The first-order chi connectivity index (χ1) is 6.93. The van der Waals surface area contributed by atoms with Crippen molar-refractivity contribution in [1.29, 1.82) is 0 Å². The molecule has 0 saturated heterocycles. The van der Waals surface area contributed by atoms with Crippen molar-refractivity contribution in [2.24, 2.45) is 0 Å². The molecular formula is C12H20N3. The Balaban J connectivity index is 3.21. The van der Waals surface area contributed by atoms with Crippen molar-refractivity contribution in [3.63, 3.8) is 0 Å². The molecule has 0 aromatic heterocycles. The number of rotatable bonds is 3. The molecule has 0 aliphatic heterocycles. The van der Waals surface area contributed by atoms with Crippen molar-refractivity contribution in [2.45, 2.75) is 0 Å². The molecule has 0 aliphatic rings. The second-order valence-corrected chi connectivity index (χ2v) is 4.27. The Labute approximate surface area is 92.9 Å². The summed E-state index contributed by atoms with van der Waals surface area (Å²) in [6, 6.07) is 7.45. The average molecular weight is 206 g/mol. The summed E-state index contributed by atoms with van der Waals surface area (Å²) in [5, 5.41) is 0. The van der Waals surface area contributed by atoms with Crippen LogP contribution in [0.25, 0.3) is 0 Å². The van der Waals surface area contributed by atoms with Crippen LogP contribution in [-0.4, -0.2) is 42.3 Å². The van der Waals surface area contributed by atoms with Gasteiger partial charge in [0.25, 0.3) is 0 Å². The molecular weight excluding hydrogens is 186 g/mol. The quantitative estimate of drug-likeness (QED) is 0.745. The highest BCUT2D eigenvalue weighted by Gasteiger charge is 2.08. The summed E-state index contributed by atoms with van der Waals surface area (Å²) in [5.74, 6) is 0. The number of benzene rings is 1. The molecule has 0 spiro atoms. The molecule has 1 aromatic rings. The van der Waals surface area contributed by atoms with E-state index in [-0.39, 0.29) is 0 Å². The Hall–Kier alpha value is -1.38. The van der Waals surface area contributed by atoms with Gasteiger partial charge in [-0.05, 0) is 12.1 Å². The van der Waals surface area contributed by atoms with Crippen LogP contribution in [0.4, 0.5) is 17.1 Å². The lowest BCUT2D eigenvalue weighted by Gasteiger charge is -2.24. The molecule has 0 bridgehead atoms. The van der Waals surface area contributed by atoms with Gasteiger partial charge in [-0.2, -0.15) is 0 Å². The Morgan fingerprint density at radius 3 is 1.73 bits per heavy atom. The third kappa shape index (κ3) is 2.55. The van der Waals surface area contributed by atoms with Gasteiger partial charge in [0.05, 0.1) is 11.4 Å². The third-order valence-electron chi connectivity index (χ3n) is 2.34. The summed E-state index contributed by atoms with van der Waals surface area (Å²) in [6.45, 7) is 0. The van der Waals surface area contributed by atoms with Gasteiger partial charge in [-0.15, -0.1) is 0 Å². The van der Waals surface area contributed by atoms with Crippen molar-refractivity contribution in [1.82, 2.24) is 0 Å². The van der Waals surface area contributed by atoms with Gasteiger partial charge in [0.1, 0.15) is 0 Å². The van der Waals surface area contributed by atoms with Crippen molar-refractivity contribution in [3.8, 4) is 0 Å². The van der Waals surface area contributed by atoms with Gasteiger partial charge in [-0.3, -0.25) is 0 Å². The van der Waals surface area contributed by atoms with Crippen LogP contribution in [0, 0.1) is 6.07 Å². The molecule has 0 aliphatic carbocycles. The highest BCUT2D eigenvalue weighted by atomic mass is 15.1. The van der Waals surface area contributed by atoms with Crippen LogP contribution in [-0.2, 0) is 0 Å². The van der Waals surface area contributed by atoms with Gasteiger partial charge in [0, 0.05) is 54.0 Å². The summed E-state index contributed by atoms with van der Waals surface area (Å²) >= 11 is 0. The van der Waals surface area contributed by atoms with Gasteiger partial charge >= 0.3 is 0 Å². The number of hydrogen-bond acceptors (Lipinski definition) is 3. The van der Waals surface area contributed by atoms with Crippen molar-refractivity contribution >= 4 is 17.1 Å². The first kappa shape index (κ1) is 11.7. The first-order valence-corrected chi connectivity index (χ1v) is 5.01. The zero-order chi connectivity index (χ0) is 11.6. The Morgan fingerprint density at radius 1 is 0.800 bits per heavy atom. The Bertz CT molecular complexity index is 330. The van der Waals surface area contributed by atoms with E-state index in [2.05, 4.69) is 40.9 Å². The van der Waals surface area contributed by atoms with Crippen LogP contribution in [0.1, 0.15) is 0 Å². The zero-order valence-corrected chi connectivity index (χ0v) is 10.5. The number of hydrogen-bond donors (Lipinski definition) is 0. The molecule has 0 saturated carbocycles. The van der Waals surface area contributed by atoms with E-state index in [0.29, 0.717) is 0 Å². The predicted octanol–water partition coefficient (Wildman–Crippen LogP) is 1.68. The molecule has 0 atom stereocenters. The summed E-state index contributed by atoms with van der Waals surface area (Å²) < 4.78 is 0. The third-order valence-corrected chi connectivity index (χ3v) is 2.34. The van der Waals surface area contributed by atoms with E-state index < -0.39 is 0 Å². The lowest BCUT2D eigenvalue weighted by molar-refractivity contribution is 1.06. The van der Waals surface area contributed by atoms with Crippen molar-refractivity contribution in [3.05, 3.63) is 18.2 Å². The van der Waals surface area contributed by atoms with Crippen LogP contribution in [0.3, 0.4) is 0 Å². The van der Waals surface area contributed by atoms with Crippen molar-refractivity contribution < 1.29 is 0 Å². The first-order valence-electron chi connectivity index (χ1n) is 5.01. The van der Waals surface area contributed by atoms with E-state index in [0.717, 1.165) is 5.69 Å². The molecule has 83 valence electrons. The molecule has 3 heteroatoms. The van der Waals surface area contributed by atoms with Crippen LogP contribution >= 0.6 is 0 Å². The second kappa shape index (κ2) is 4.43. The molecule has 1 aromatic carbocycles. The number of nitrogens with zero attached hydrogens (tertiary/aromatic N) is 3. The fraction of sp³-hybridized carbons (Fsp3) is 0.500. The smallest absolute Gasteiger partial charge is 0.0619 e. The van der Waals surface area contributed by atoms with E-state index in [1.165, 1.54) is 11.4 Å². The van der Waals surface area contributed by atoms with Crippen LogP contribution < -0.4 is 14.7 Å². The molecule has 0 fully saturated rings. The molecule has 3 nitrogen and oxygen atoms in total. The summed E-state index contributed by atoms with van der Waals surface area (Å²) in [4.78, 5) is 6.29. The second-order valence-electron chi connectivity index (χ2n) is 4.27. The average Bonchev–Trinajstić information content (AvgIpc) is 2.16. The molecule has 0 N–H and O–H groups in total. The Morgan fingerprint density at radius 2 is 1.33 bits per heavy atom. The molecule has 1 rings (SSSR count). The summed E-state index contributed by atoms with van der Waals surface area (Å²) in [5.41, 5.74) is 3.50. The minimum absolute atomic E-state index is 1.10. The van der Waals surface area contributed by atoms with E-state index in [1.807, 2.05) is 34.3 Å². The standard InChI is InChI=1S/C12H20N3/c1-13(2)10-7-8-11(14(3)4)12(9-10)15(5)6/h8-9H,1-6H3. The molecule has 1 radical (unpaired) electrons. The van der Waals surface area contributed by atoms with E-state index in [4.69, 9.17) is 0 Å². The lowest BCUT2D eigenvalue weighted by atomic mass is 10.2. The Kier molecular flexibility index (Phi) is 3.45. The molecule has 0 heterocycles. The SMILES string of the molecule is CN(C)c1[c]cc(N(C)C)c(N(C)C)c1. The van der Waals surface area contributed by atoms with Gasteiger partial charge < -0.3 is 14.7 Å². The molecule has 0 unspecified atom stereocenters. The van der Waals surface area contributed by atoms with Gasteiger partial charge in [0.2, 0.25) is 0 Å². The van der Waals surface area contributed by atoms with Crippen molar-refractivity contribution in [2.75, 3.05) is 57.0 Å². The minimum Gasteiger partial charge on any atom is -0.377 e. The van der Waals surface area contributed by atoms with E-state index >= 15 is 0 Å². The predicted molar refractivity (Wildman–Crippen MR) is 68.3 cm³/mol. The monoisotopic (exact) mass is 206 g/mol. The van der Waals surface area contributed by atoms with Crippen LogP contribution in [0.2, 0.25) is 0 Å². The highest BCUT2D eigenvalue weighted by Crippen LogP contribution is 2.30. The van der Waals surface area contributed by atoms with Crippen LogP contribution in [0.15, 0.2) is 12.1 Å². The molecule has 0 amide bonds. The summed E-state index contributed by atoms with van der Waals surface area (Å²) in [6.07, 6.45) is 0. The molecule has 15 heavy (non-hydrogen) atoms.